The molecule has 1 atom stereocenters. The van der Waals surface area contributed by atoms with Gasteiger partial charge in [0, 0.05) is 23.3 Å². The van der Waals surface area contributed by atoms with Gasteiger partial charge in [-0.15, -0.1) is 0 Å². The molecule has 0 bridgehead atoms. The Labute approximate surface area is 173 Å². The Morgan fingerprint density at radius 3 is 2.55 bits per heavy atom. The summed E-state index contributed by atoms with van der Waals surface area (Å²) in [7, 11) is 3.14. The first-order valence-electron chi connectivity index (χ1n) is 9.36. The number of ketones is 1. The molecule has 2 aliphatic rings. The van der Waals surface area contributed by atoms with Gasteiger partial charge in [0.2, 0.25) is 0 Å². The van der Waals surface area contributed by atoms with Gasteiger partial charge in [-0.05, 0) is 42.3 Å². The lowest BCUT2D eigenvalue weighted by Gasteiger charge is -2.39. The number of H-pyrrole nitrogens is 2. The van der Waals surface area contributed by atoms with Crippen molar-refractivity contribution in [3.63, 3.8) is 0 Å². The minimum atomic E-state index is -0.592. The van der Waals surface area contributed by atoms with Crippen molar-refractivity contribution in [3.8, 4) is 11.5 Å². The molecule has 1 aliphatic carbocycles. The van der Waals surface area contributed by atoms with Crippen LogP contribution in [0.2, 0.25) is 0 Å². The van der Waals surface area contributed by atoms with E-state index in [1.807, 2.05) is 6.07 Å². The van der Waals surface area contributed by atoms with E-state index in [1.165, 1.54) is 0 Å². The molecule has 0 unspecified atom stereocenters. The third-order valence-electron chi connectivity index (χ3n) is 5.50. The van der Waals surface area contributed by atoms with Crippen molar-refractivity contribution < 1.29 is 14.3 Å². The fourth-order valence-electron chi connectivity index (χ4n) is 4.32. The van der Waals surface area contributed by atoms with Crippen LogP contribution in [-0.4, -0.2) is 30.0 Å². The normalized spacial score (nSPS) is 19.9. The molecule has 1 aliphatic heterocycles. The molecule has 0 fully saturated rings. The number of aromatic nitrogens is 2. The highest BCUT2D eigenvalue weighted by atomic mass is 32.1. The number of benzene rings is 1. The van der Waals surface area contributed by atoms with Crippen molar-refractivity contribution in [2.45, 2.75) is 32.6 Å². The molecule has 7 nitrogen and oxygen atoms in total. The Kier molecular flexibility index (Phi) is 4.61. The first kappa shape index (κ1) is 19.4. The molecule has 0 radical (unpaired) electrons. The molecule has 3 N–H and O–H groups in total. The number of methoxy groups -OCH3 is 2. The minimum absolute atomic E-state index is 0.0196. The third-order valence-corrected chi connectivity index (χ3v) is 5.70. The molecule has 4 rings (SSSR count). The zero-order valence-electron chi connectivity index (χ0n) is 16.8. The predicted molar refractivity (Wildman–Crippen MR) is 112 cm³/mol. The molecular weight excluding hydrogens is 390 g/mol. The summed E-state index contributed by atoms with van der Waals surface area (Å²) >= 11 is 5.16. The fraction of sp³-hybridized carbons (Fsp3) is 0.381. The Morgan fingerprint density at radius 2 is 1.86 bits per heavy atom. The molecule has 29 heavy (non-hydrogen) atoms. The zero-order chi connectivity index (χ0) is 20.9. The van der Waals surface area contributed by atoms with Gasteiger partial charge in [-0.25, -0.2) is 0 Å². The first-order valence-corrected chi connectivity index (χ1v) is 9.76. The van der Waals surface area contributed by atoms with E-state index in [1.54, 1.807) is 26.4 Å². The van der Waals surface area contributed by atoms with E-state index in [0.717, 1.165) is 5.70 Å². The van der Waals surface area contributed by atoms with Crippen LogP contribution < -0.4 is 20.3 Å². The molecule has 2 aromatic rings. The number of rotatable bonds is 3. The fourth-order valence-corrected chi connectivity index (χ4v) is 4.52. The molecule has 2 heterocycles. The molecule has 0 saturated carbocycles. The van der Waals surface area contributed by atoms with Gasteiger partial charge in [-0.2, -0.15) is 0 Å². The summed E-state index contributed by atoms with van der Waals surface area (Å²) in [6.07, 6.45) is 1.09. The maximum Gasteiger partial charge on any atom is 0.257 e. The van der Waals surface area contributed by atoms with Crippen LogP contribution in [0.5, 0.6) is 11.5 Å². The second-order valence-electron chi connectivity index (χ2n) is 8.20. The molecule has 152 valence electrons. The maximum atomic E-state index is 13.3. The maximum absolute atomic E-state index is 13.3. The highest BCUT2D eigenvalue weighted by molar-refractivity contribution is 7.71. The molecule has 0 spiro atoms. The number of anilines is 1. The number of carbonyl (C=O) groups excluding carboxylic acids is 1. The van der Waals surface area contributed by atoms with Gasteiger partial charge in [0.1, 0.15) is 17.3 Å². The van der Waals surface area contributed by atoms with Crippen molar-refractivity contribution in [2.24, 2.45) is 5.41 Å². The van der Waals surface area contributed by atoms with Crippen LogP contribution in [0, 0.1) is 10.2 Å². The molecule has 0 saturated heterocycles. The average Bonchev–Trinajstić information content (AvgIpc) is 2.64. The summed E-state index contributed by atoms with van der Waals surface area (Å²) in [4.78, 5) is 31.9. The lowest BCUT2D eigenvalue weighted by Crippen LogP contribution is -2.37. The number of ether oxygens (including phenoxy) is 2. The number of carbonyl (C=O) groups is 1. The van der Waals surface area contributed by atoms with Crippen molar-refractivity contribution in [1.82, 2.24) is 9.97 Å². The summed E-state index contributed by atoms with van der Waals surface area (Å²) in [5.41, 5.74) is 2.00. The molecule has 0 amide bonds. The lowest BCUT2D eigenvalue weighted by atomic mass is 9.69. The van der Waals surface area contributed by atoms with Crippen LogP contribution >= 0.6 is 12.2 Å². The Bertz CT molecular complexity index is 1160. The van der Waals surface area contributed by atoms with Crippen molar-refractivity contribution in [2.75, 3.05) is 19.5 Å². The van der Waals surface area contributed by atoms with E-state index in [9.17, 15) is 9.59 Å². The summed E-state index contributed by atoms with van der Waals surface area (Å²) in [5, 5.41) is 3.28. The van der Waals surface area contributed by atoms with Gasteiger partial charge >= 0.3 is 0 Å². The van der Waals surface area contributed by atoms with E-state index < -0.39 is 5.92 Å². The van der Waals surface area contributed by atoms with Crippen molar-refractivity contribution >= 4 is 23.8 Å². The van der Waals surface area contributed by atoms with Crippen LogP contribution in [0.4, 0.5) is 5.82 Å². The SMILES string of the molecule is COc1ccc(OC)c([C@H]2C3=C(CC(C)(C)CC3=O)Nc3[nH]c(=S)[nH]c(=O)c32)c1. The van der Waals surface area contributed by atoms with E-state index >= 15 is 0 Å². The molecular formula is C21H23N3O4S. The number of nitrogens with one attached hydrogen (secondary N) is 3. The van der Waals surface area contributed by atoms with Crippen LogP contribution in [0.3, 0.4) is 0 Å². The zero-order valence-corrected chi connectivity index (χ0v) is 17.6. The van der Waals surface area contributed by atoms with Gasteiger partial charge in [0.05, 0.1) is 25.7 Å². The Balaban J connectivity index is 2.05. The number of hydrogen-bond acceptors (Lipinski definition) is 6. The van der Waals surface area contributed by atoms with Crippen LogP contribution in [0.15, 0.2) is 34.3 Å². The predicted octanol–water partition coefficient (Wildman–Crippen LogP) is 3.65. The average molecular weight is 413 g/mol. The van der Waals surface area contributed by atoms with Crippen LogP contribution in [0.25, 0.3) is 0 Å². The van der Waals surface area contributed by atoms with Crippen LogP contribution in [0.1, 0.15) is 43.7 Å². The topological polar surface area (TPSA) is 96.2 Å². The summed E-state index contributed by atoms with van der Waals surface area (Å²) in [5.74, 6) is 1.14. The van der Waals surface area contributed by atoms with Gasteiger partial charge in [0.25, 0.3) is 5.56 Å². The standard InChI is InChI=1S/C21H23N3O4S/c1-21(2)8-12-16(13(25)9-21)15(11-7-10(27-3)5-6-14(11)28-4)17-18(22-12)23-20(29)24-19(17)26/h5-7,15H,8-9H2,1-4H3,(H3,22,23,24,26,29)/t15-/m0/s1. The van der Waals surface area contributed by atoms with E-state index in [-0.39, 0.29) is 21.5 Å². The Morgan fingerprint density at radius 1 is 1.10 bits per heavy atom. The Hall–Kier alpha value is -2.87. The van der Waals surface area contributed by atoms with E-state index in [2.05, 4.69) is 29.1 Å². The third kappa shape index (κ3) is 3.27. The number of hydrogen-bond donors (Lipinski definition) is 3. The van der Waals surface area contributed by atoms with Crippen molar-refractivity contribution in [1.29, 1.82) is 0 Å². The molecule has 8 heteroatoms. The number of aromatic amines is 2. The van der Waals surface area contributed by atoms with E-state index in [0.29, 0.717) is 46.9 Å². The molecule has 1 aromatic carbocycles. The molecule has 1 aromatic heterocycles. The van der Waals surface area contributed by atoms with Crippen LogP contribution in [-0.2, 0) is 4.79 Å². The highest BCUT2D eigenvalue weighted by Gasteiger charge is 2.43. The second-order valence-corrected chi connectivity index (χ2v) is 8.60. The smallest absolute Gasteiger partial charge is 0.257 e. The quantitative estimate of drug-likeness (QED) is 0.665. The van der Waals surface area contributed by atoms with Gasteiger partial charge in [0.15, 0.2) is 10.6 Å². The highest BCUT2D eigenvalue weighted by Crippen LogP contribution is 2.49. The second kappa shape index (κ2) is 6.88. The first-order chi connectivity index (χ1) is 13.7. The van der Waals surface area contributed by atoms with Gasteiger partial charge in [-0.3, -0.25) is 14.6 Å². The van der Waals surface area contributed by atoms with E-state index in [4.69, 9.17) is 21.7 Å². The van der Waals surface area contributed by atoms with Gasteiger partial charge < -0.3 is 19.8 Å². The monoisotopic (exact) mass is 413 g/mol. The number of fused-ring (bicyclic) bond motifs is 1. The number of Topliss-reactive ketones (excluding diaryl/α,β-unsaturated/α-hetero) is 1. The summed E-state index contributed by atoms with van der Waals surface area (Å²) < 4.78 is 11.2. The summed E-state index contributed by atoms with van der Waals surface area (Å²) in [6, 6.07) is 5.39. The van der Waals surface area contributed by atoms with Crippen molar-refractivity contribution in [3.05, 3.63) is 55.7 Å². The largest absolute Gasteiger partial charge is 0.497 e. The minimum Gasteiger partial charge on any atom is -0.497 e. The number of allylic oxidation sites excluding steroid dienone is 2. The van der Waals surface area contributed by atoms with Gasteiger partial charge in [-0.1, -0.05) is 13.8 Å². The summed E-state index contributed by atoms with van der Waals surface area (Å²) in [6.45, 7) is 4.13. The lowest BCUT2D eigenvalue weighted by molar-refractivity contribution is -0.118.